The van der Waals surface area contributed by atoms with E-state index in [1.165, 1.54) is 0 Å². The van der Waals surface area contributed by atoms with Gasteiger partial charge in [-0.15, -0.1) is 0 Å². The van der Waals surface area contributed by atoms with E-state index in [1.54, 1.807) is 0 Å². The molecule has 3 heterocycles. The van der Waals surface area contributed by atoms with E-state index in [-0.39, 0.29) is 17.8 Å². The van der Waals surface area contributed by atoms with Crippen LogP contribution in [0.4, 0.5) is 4.79 Å². The van der Waals surface area contributed by atoms with Crippen LogP contribution in [0.3, 0.4) is 0 Å². The van der Waals surface area contributed by atoms with Gasteiger partial charge in [-0.2, -0.15) is 0 Å². The van der Waals surface area contributed by atoms with Crippen LogP contribution < -0.4 is 20.5 Å². The molecule has 2 aromatic carbocycles. The first kappa shape index (κ1) is 20.8. The molecule has 2 N–H and O–H groups in total. The van der Waals surface area contributed by atoms with Crippen LogP contribution in [0.2, 0.25) is 5.02 Å². The van der Waals surface area contributed by atoms with Gasteiger partial charge in [0.15, 0.2) is 11.5 Å². The van der Waals surface area contributed by atoms with Crippen LogP contribution in [0.25, 0.3) is 11.0 Å². The molecule has 0 aliphatic carbocycles. The van der Waals surface area contributed by atoms with Crippen molar-refractivity contribution < 1.29 is 14.3 Å². The van der Waals surface area contributed by atoms with Crippen LogP contribution in [0.15, 0.2) is 41.2 Å². The van der Waals surface area contributed by atoms with Gasteiger partial charge < -0.3 is 24.7 Å². The summed E-state index contributed by atoms with van der Waals surface area (Å²) in [5, 5.41) is 3.51. The van der Waals surface area contributed by atoms with Crippen molar-refractivity contribution in [3.63, 3.8) is 0 Å². The molecular formula is C23H25ClN4O4. The second-order valence-electron chi connectivity index (χ2n) is 8.12. The number of likely N-dealkylation sites (tertiary alicyclic amines) is 1. The normalized spacial score (nSPS) is 16.3. The molecule has 1 saturated heterocycles. The van der Waals surface area contributed by atoms with Crippen LogP contribution in [-0.4, -0.2) is 53.3 Å². The first-order valence-electron chi connectivity index (χ1n) is 10.9. The third kappa shape index (κ3) is 4.02. The molecule has 3 aromatic rings. The number of urea groups is 1. The lowest BCUT2D eigenvalue weighted by molar-refractivity contribution is 0.171. The fourth-order valence-electron chi connectivity index (χ4n) is 4.50. The average Bonchev–Trinajstić information content (AvgIpc) is 3.15. The summed E-state index contributed by atoms with van der Waals surface area (Å²) in [5.74, 6) is 1.24. The molecule has 0 spiro atoms. The molecule has 32 heavy (non-hydrogen) atoms. The van der Waals surface area contributed by atoms with Crippen molar-refractivity contribution in [1.82, 2.24) is 19.8 Å². The maximum absolute atomic E-state index is 12.6. The minimum absolute atomic E-state index is 0.0848. The molecule has 0 saturated carbocycles. The van der Waals surface area contributed by atoms with E-state index in [2.05, 4.69) is 10.3 Å². The topological polar surface area (TPSA) is 88.6 Å². The number of hydrogen-bond acceptors (Lipinski definition) is 4. The molecule has 0 unspecified atom stereocenters. The zero-order valence-electron chi connectivity index (χ0n) is 17.6. The van der Waals surface area contributed by atoms with Gasteiger partial charge in [-0.1, -0.05) is 23.7 Å². The van der Waals surface area contributed by atoms with E-state index in [0.29, 0.717) is 55.8 Å². The molecule has 1 aromatic heterocycles. The molecule has 1 fully saturated rings. The molecule has 0 radical (unpaired) electrons. The molecule has 2 aliphatic rings. The summed E-state index contributed by atoms with van der Waals surface area (Å²) in [6.45, 7) is 2.71. The summed E-state index contributed by atoms with van der Waals surface area (Å²) in [4.78, 5) is 29.8. The van der Waals surface area contributed by atoms with Crippen molar-refractivity contribution in [2.24, 2.45) is 0 Å². The van der Waals surface area contributed by atoms with Gasteiger partial charge in [0.25, 0.3) is 0 Å². The Morgan fingerprint density at radius 1 is 1.16 bits per heavy atom. The minimum Gasteiger partial charge on any atom is -0.486 e. The van der Waals surface area contributed by atoms with E-state index >= 15 is 0 Å². The number of aromatic nitrogens is 2. The number of nitrogens with one attached hydrogen (secondary N) is 2. The molecular weight excluding hydrogens is 432 g/mol. The third-order valence-corrected chi connectivity index (χ3v) is 6.37. The fraction of sp³-hybridized carbons (Fsp3) is 0.391. The quantitative estimate of drug-likeness (QED) is 0.630. The summed E-state index contributed by atoms with van der Waals surface area (Å²) >= 11 is 6.29. The maximum atomic E-state index is 12.6. The first-order valence-corrected chi connectivity index (χ1v) is 11.3. The van der Waals surface area contributed by atoms with Crippen molar-refractivity contribution >= 4 is 28.7 Å². The highest BCUT2D eigenvalue weighted by Crippen LogP contribution is 2.38. The number of piperidine rings is 1. The van der Waals surface area contributed by atoms with Gasteiger partial charge in [0.1, 0.15) is 13.2 Å². The van der Waals surface area contributed by atoms with E-state index < -0.39 is 0 Å². The monoisotopic (exact) mass is 456 g/mol. The molecule has 5 rings (SSSR count). The second kappa shape index (κ2) is 8.78. The van der Waals surface area contributed by atoms with E-state index in [1.807, 2.05) is 45.9 Å². The van der Waals surface area contributed by atoms with Crippen molar-refractivity contribution in [3.05, 3.63) is 57.5 Å². The number of ether oxygens (including phenoxy) is 2. The molecule has 168 valence electrons. The number of H-pyrrole nitrogens is 1. The lowest BCUT2D eigenvalue weighted by Gasteiger charge is -2.32. The number of fused-ring (bicyclic) bond motifs is 2. The summed E-state index contributed by atoms with van der Waals surface area (Å²) < 4.78 is 13.0. The zero-order valence-corrected chi connectivity index (χ0v) is 18.4. The zero-order chi connectivity index (χ0) is 22.1. The Kier molecular flexibility index (Phi) is 5.70. The molecule has 9 heteroatoms. The van der Waals surface area contributed by atoms with Crippen molar-refractivity contribution in [3.8, 4) is 11.5 Å². The first-order chi connectivity index (χ1) is 15.6. The number of halogens is 1. The number of aromatic amines is 1. The minimum atomic E-state index is -0.0906. The summed E-state index contributed by atoms with van der Waals surface area (Å²) in [5.41, 5.74) is 2.65. The number of amides is 2. The highest BCUT2D eigenvalue weighted by atomic mass is 35.5. The lowest BCUT2D eigenvalue weighted by Crippen LogP contribution is -2.45. The van der Waals surface area contributed by atoms with E-state index in [4.69, 9.17) is 21.1 Å². The number of rotatable bonds is 4. The predicted molar refractivity (Wildman–Crippen MR) is 122 cm³/mol. The number of benzene rings is 2. The number of nitrogens with zero attached hydrogens (tertiary/aromatic N) is 2. The Hall–Kier alpha value is -3.13. The Bertz CT molecular complexity index is 1200. The van der Waals surface area contributed by atoms with Gasteiger partial charge in [0.2, 0.25) is 0 Å². The number of imidazole rings is 1. The van der Waals surface area contributed by atoms with Crippen LogP contribution in [0.5, 0.6) is 11.5 Å². The SMILES string of the molecule is O=C(NCCc1cc(Cl)c2c(c1)OCCO2)N1CCC(n2c(=O)[nH]c3ccccc32)CC1. The lowest BCUT2D eigenvalue weighted by atomic mass is 10.0. The number of para-hydroxylation sites is 2. The van der Waals surface area contributed by atoms with Gasteiger partial charge in [-0.3, -0.25) is 4.57 Å². The molecule has 8 nitrogen and oxygen atoms in total. The van der Waals surface area contributed by atoms with Gasteiger partial charge in [0, 0.05) is 25.7 Å². The maximum Gasteiger partial charge on any atom is 0.326 e. The third-order valence-electron chi connectivity index (χ3n) is 6.09. The summed E-state index contributed by atoms with van der Waals surface area (Å²) in [7, 11) is 0. The van der Waals surface area contributed by atoms with Gasteiger partial charge in [-0.25, -0.2) is 9.59 Å². The molecule has 2 aliphatic heterocycles. The Morgan fingerprint density at radius 3 is 2.78 bits per heavy atom. The largest absolute Gasteiger partial charge is 0.486 e. The molecule has 2 amide bonds. The van der Waals surface area contributed by atoms with Crippen LogP contribution in [0, 0.1) is 0 Å². The Labute approximate surface area is 190 Å². The van der Waals surface area contributed by atoms with Crippen molar-refractivity contribution in [1.29, 1.82) is 0 Å². The van der Waals surface area contributed by atoms with Crippen LogP contribution in [-0.2, 0) is 6.42 Å². The van der Waals surface area contributed by atoms with Crippen molar-refractivity contribution in [2.45, 2.75) is 25.3 Å². The van der Waals surface area contributed by atoms with Crippen LogP contribution >= 0.6 is 11.6 Å². The standard InChI is InChI=1S/C23H25ClN4O4/c24-17-13-15(14-20-21(17)32-12-11-31-20)5-8-25-22(29)27-9-6-16(7-10-27)28-19-4-2-1-3-18(19)26-23(28)30/h1-4,13-14,16H,5-12H2,(H,25,29)(H,26,30). The fourth-order valence-corrected chi connectivity index (χ4v) is 4.79. The summed E-state index contributed by atoms with van der Waals surface area (Å²) in [6, 6.07) is 11.5. The molecule has 0 atom stereocenters. The Morgan fingerprint density at radius 2 is 1.94 bits per heavy atom. The number of carbonyl (C=O) groups is 1. The number of carbonyl (C=O) groups excluding carboxylic acids is 1. The van der Waals surface area contributed by atoms with Gasteiger partial charge in [0.05, 0.1) is 16.1 Å². The number of hydrogen-bond donors (Lipinski definition) is 2. The summed E-state index contributed by atoms with van der Waals surface area (Å²) in [6.07, 6.45) is 2.13. The second-order valence-corrected chi connectivity index (χ2v) is 8.53. The Balaban J connectivity index is 1.15. The molecule has 0 bridgehead atoms. The van der Waals surface area contributed by atoms with Gasteiger partial charge in [-0.05, 0) is 49.1 Å². The van der Waals surface area contributed by atoms with Crippen LogP contribution in [0.1, 0.15) is 24.4 Å². The average molecular weight is 457 g/mol. The predicted octanol–water partition coefficient (Wildman–Crippen LogP) is 3.34. The smallest absolute Gasteiger partial charge is 0.326 e. The highest BCUT2D eigenvalue weighted by molar-refractivity contribution is 6.32. The van der Waals surface area contributed by atoms with E-state index in [0.717, 1.165) is 29.4 Å². The van der Waals surface area contributed by atoms with Crippen molar-refractivity contribution in [2.75, 3.05) is 32.8 Å². The van der Waals surface area contributed by atoms with E-state index in [9.17, 15) is 9.59 Å². The van der Waals surface area contributed by atoms with Gasteiger partial charge >= 0.3 is 11.7 Å². The highest BCUT2D eigenvalue weighted by Gasteiger charge is 2.26.